The number of nitrogens with one attached hydrogen (secondary N) is 1. The first kappa shape index (κ1) is 14.8. The summed E-state index contributed by atoms with van der Waals surface area (Å²) in [4.78, 5) is 10.4. The average molecular weight is 340 g/mol. The SMILES string of the molecule is CNC1(C#N)CCC(Oc2cc(Br)cc([N+](=O)[O-])c2)C1. The molecule has 1 aromatic carbocycles. The summed E-state index contributed by atoms with van der Waals surface area (Å²) in [5, 5.41) is 23.0. The molecule has 0 amide bonds. The van der Waals surface area contributed by atoms with E-state index < -0.39 is 10.5 Å². The lowest BCUT2D eigenvalue weighted by Crippen LogP contribution is -2.39. The lowest BCUT2D eigenvalue weighted by atomic mass is 10.0. The van der Waals surface area contributed by atoms with E-state index in [-0.39, 0.29) is 11.8 Å². The number of non-ortho nitro benzene ring substituents is 1. The molecule has 1 N–H and O–H groups in total. The van der Waals surface area contributed by atoms with Crippen LogP contribution in [0.3, 0.4) is 0 Å². The summed E-state index contributed by atoms with van der Waals surface area (Å²) in [7, 11) is 1.76. The first-order valence-electron chi connectivity index (χ1n) is 6.20. The van der Waals surface area contributed by atoms with Crippen LogP contribution < -0.4 is 10.1 Å². The van der Waals surface area contributed by atoms with E-state index in [9.17, 15) is 15.4 Å². The van der Waals surface area contributed by atoms with Crippen LogP contribution in [-0.2, 0) is 0 Å². The Kier molecular flexibility index (Phi) is 4.26. The number of halogens is 1. The molecule has 1 aliphatic carbocycles. The van der Waals surface area contributed by atoms with Crippen molar-refractivity contribution in [2.24, 2.45) is 0 Å². The molecule has 0 aliphatic heterocycles. The predicted molar refractivity (Wildman–Crippen MR) is 76.5 cm³/mol. The van der Waals surface area contributed by atoms with E-state index in [0.29, 0.717) is 23.1 Å². The molecule has 0 radical (unpaired) electrons. The molecule has 0 aromatic heterocycles. The molecule has 2 unspecified atom stereocenters. The maximum Gasteiger partial charge on any atom is 0.274 e. The monoisotopic (exact) mass is 339 g/mol. The number of rotatable bonds is 4. The predicted octanol–water partition coefficient (Wildman–Crippen LogP) is 2.77. The fraction of sp³-hybridized carbons (Fsp3) is 0.462. The minimum atomic E-state index is -0.553. The Balaban J connectivity index is 2.12. The molecule has 2 atom stereocenters. The van der Waals surface area contributed by atoms with Crippen LogP contribution in [-0.4, -0.2) is 23.6 Å². The molecule has 0 spiro atoms. The van der Waals surface area contributed by atoms with Crippen molar-refractivity contribution >= 4 is 21.6 Å². The average Bonchev–Trinajstić information content (AvgIpc) is 2.82. The van der Waals surface area contributed by atoms with E-state index in [1.807, 2.05) is 0 Å². The van der Waals surface area contributed by atoms with Crippen molar-refractivity contribution < 1.29 is 9.66 Å². The largest absolute Gasteiger partial charge is 0.490 e. The highest BCUT2D eigenvalue weighted by molar-refractivity contribution is 9.10. The molecule has 2 rings (SSSR count). The second kappa shape index (κ2) is 5.77. The third-order valence-electron chi connectivity index (χ3n) is 3.53. The molecule has 1 aliphatic rings. The molecule has 0 heterocycles. The summed E-state index contributed by atoms with van der Waals surface area (Å²) in [6.45, 7) is 0. The van der Waals surface area contributed by atoms with Gasteiger partial charge in [0.25, 0.3) is 5.69 Å². The van der Waals surface area contributed by atoms with Gasteiger partial charge in [-0.15, -0.1) is 0 Å². The number of nitrogens with zero attached hydrogens (tertiary/aromatic N) is 2. The van der Waals surface area contributed by atoms with Crippen LogP contribution in [0.2, 0.25) is 0 Å². The molecule has 1 fully saturated rings. The highest BCUT2D eigenvalue weighted by atomic mass is 79.9. The topological polar surface area (TPSA) is 88.2 Å². The van der Waals surface area contributed by atoms with Crippen LogP contribution in [0, 0.1) is 21.4 Å². The quantitative estimate of drug-likeness (QED) is 0.673. The Morgan fingerprint density at radius 1 is 1.60 bits per heavy atom. The smallest absolute Gasteiger partial charge is 0.274 e. The van der Waals surface area contributed by atoms with E-state index in [1.54, 1.807) is 13.1 Å². The zero-order valence-electron chi connectivity index (χ0n) is 10.9. The molecule has 1 saturated carbocycles. The second-order valence-corrected chi connectivity index (χ2v) is 5.74. The summed E-state index contributed by atoms with van der Waals surface area (Å²) in [6, 6.07) is 6.79. The third-order valence-corrected chi connectivity index (χ3v) is 3.99. The Morgan fingerprint density at radius 3 is 2.90 bits per heavy atom. The van der Waals surface area contributed by atoms with E-state index in [1.165, 1.54) is 12.1 Å². The first-order chi connectivity index (χ1) is 9.48. The van der Waals surface area contributed by atoms with E-state index in [0.717, 1.165) is 6.42 Å². The van der Waals surface area contributed by atoms with Gasteiger partial charge in [-0.1, -0.05) is 15.9 Å². The number of hydrogen-bond donors (Lipinski definition) is 1. The molecule has 1 aromatic rings. The van der Waals surface area contributed by atoms with E-state index in [2.05, 4.69) is 27.3 Å². The molecule has 0 bridgehead atoms. The fourth-order valence-corrected chi connectivity index (χ4v) is 2.86. The zero-order valence-corrected chi connectivity index (χ0v) is 12.5. The third kappa shape index (κ3) is 3.08. The summed E-state index contributed by atoms with van der Waals surface area (Å²) < 4.78 is 6.38. The van der Waals surface area contributed by atoms with Gasteiger partial charge >= 0.3 is 0 Å². The Morgan fingerprint density at radius 2 is 2.35 bits per heavy atom. The molecule has 20 heavy (non-hydrogen) atoms. The van der Waals surface area contributed by atoms with Crippen LogP contribution in [0.15, 0.2) is 22.7 Å². The standard InChI is InChI=1S/C13H14BrN3O3/c1-16-13(8-15)3-2-11(7-13)20-12-5-9(14)4-10(6-12)17(18)19/h4-6,11,16H,2-3,7H2,1H3. The normalized spacial score (nSPS) is 25.1. The highest BCUT2D eigenvalue weighted by Gasteiger charge is 2.39. The van der Waals surface area contributed by atoms with Gasteiger partial charge in [-0.3, -0.25) is 10.1 Å². The summed E-state index contributed by atoms with van der Waals surface area (Å²) in [5.41, 5.74) is -0.574. The van der Waals surface area contributed by atoms with Crippen molar-refractivity contribution in [1.82, 2.24) is 5.32 Å². The van der Waals surface area contributed by atoms with Gasteiger partial charge in [0.15, 0.2) is 0 Å². The van der Waals surface area contributed by atoms with Crippen LogP contribution in [0.25, 0.3) is 0 Å². The maximum atomic E-state index is 10.8. The molecule has 6 nitrogen and oxygen atoms in total. The van der Waals surface area contributed by atoms with Gasteiger partial charge in [0.1, 0.15) is 17.4 Å². The van der Waals surface area contributed by atoms with Crippen molar-refractivity contribution in [3.63, 3.8) is 0 Å². The van der Waals surface area contributed by atoms with Crippen molar-refractivity contribution in [2.45, 2.75) is 30.9 Å². The zero-order chi connectivity index (χ0) is 14.8. The Hall–Kier alpha value is -1.65. The van der Waals surface area contributed by atoms with E-state index >= 15 is 0 Å². The minimum Gasteiger partial charge on any atom is -0.490 e. The first-order valence-corrected chi connectivity index (χ1v) is 6.99. The van der Waals surface area contributed by atoms with Gasteiger partial charge in [-0.05, 0) is 26.0 Å². The van der Waals surface area contributed by atoms with Crippen LogP contribution >= 0.6 is 15.9 Å². The van der Waals surface area contributed by atoms with Crippen molar-refractivity contribution in [1.29, 1.82) is 5.26 Å². The van der Waals surface area contributed by atoms with Gasteiger partial charge in [0.2, 0.25) is 0 Å². The Bertz CT molecular complexity index is 572. The minimum absolute atomic E-state index is 0.0208. The molecule has 106 valence electrons. The molecule has 0 saturated heterocycles. The highest BCUT2D eigenvalue weighted by Crippen LogP contribution is 2.34. The van der Waals surface area contributed by atoms with Gasteiger partial charge in [-0.2, -0.15) is 5.26 Å². The number of ether oxygens (including phenoxy) is 1. The molecule has 7 heteroatoms. The number of nitriles is 1. The van der Waals surface area contributed by atoms with Gasteiger partial charge < -0.3 is 10.1 Å². The van der Waals surface area contributed by atoms with Gasteiger partial charge in [0, 0.05) is 17.0 Å². The lowest BCUT2D eigenvalue weighted by molar-refractivity contribution is -0.385. The second-order valence-electron chi connectivity index (χ2n) is 4.83. The lowest BCUT2D eigenvalue weighted by Gasteiger charge is -2.20. The number of hydrogen-bond acceptors (Lipinski definition) is 5. The number of benzene rings is 1. The molecular formula is C13H14BrN3O3. The summed E-state index contributed by atoms with van der Waals surface area (Å²) >= 11 is 3.23. The van der Waals surface area contributed by atoms with Crippen molar-refractivity contribution in [2.75, 3.05) is 7.05 Å². The van der Waals surface area contributed by atoms with Crippen LogP contribution in [0.5, 0.6) is 5.75 Å². The summed E-state index contributed by atoms with van der Waals surface area (Å²) in [5.74, 6) is 0.445. The summed E-state index contributed by atoms with van der Waals surface area (Å²) in [6.07, 6.45) is 1.91. The van der Waals surface area contributed by atoms with Crippen LogP contribution in [0.4, 0.5) is 5.69 Å². The fourth-order valence-electron chi connectivity index (χ4n) is 2.40. The van der Waals surface area contributed by atoms with Crippen molar-refractivity contribution in [3.05, 3.63) is 32.8 Å². The van der Waals surface area contributed by atoms with Crippen LogP contribution in [0.1, 0.15) is 19.3 Å². The molecular weight excluding hydrogens is 326 g/mol. The van der Waals surface area contributed by atoms with Crippen molar-refractivity contribution in [3.8, 4) is 11.8 Å². The maximum absolute atomic E-state index is 10.8. The number of nitro groups is 1. The Labute approximate surface area is 125 Å². The number of nitro benzene ring substituents is 1. The van der Waals surface area contributed by atoms with Gasteiger partial charge in [0.05, 0.1) is 17.1 Å². The van der Waals surface area contributed by atoms with Gasteiger partial charge in [-0.25, -0.2) is 0 Å². The van der Waals surface area contributed by atoms with E-state index in [4.69, 9.17) is 4.74 Å².